The zero-order valence-corrected chi connectivity index (χ0v) is 23.3. The second-order valence-electron chi connectivity index (χ2n) is 10.5. The van der Waals surface area contributed by atoms with Crippen LogP contribution in [-0.2, 0) is 22.6 Å². The molecule has 0 aliphatic heterocycles. The van der Waals surface area contributed by atoms with Crippen LogP contribution in [-0.4, -0.2) is 42.5 Å². The summed E-state index contributed by atoms with van der Waals surface area (Å²) in [4.78, 5) is 29.4. The SMILES string of the molecule is COc1cccc(CN(C(=O)COc2cc(C)cc(C)c2)[C@H](Cc2ccccc2)C(=O)NC2CCCCC2)c1. The highest BCUT2D eigenvalue weighted by Gasteiger charge is 2.32. The summed E-state index contributed by atoms with van der Waals surface area (Å²) in [6, 6.07) is 22.9. The lowest BCUT2D eigenvalue weighted by Crippen LogP contribution is -2.53. The van der Waals surface area contributed by atoms with Crippen LogP contribution in [0, 0.1) is 13.8 Å². The van der Waals surface area contributed by atoms with Gasteiger partial charge in [0, 0.05) is 19.0 Å². The van der Waals surface area contributed by atoms with Gasteiger partial charge < -0.3 is 19.7 Å². The first-order valence-corrected chi connectivity index (χ1v) is 13.9. The Morgan fingerprint density at radius 1 is 0.872 bits per heavy atom. The van der Waals surface area contributed by atoms with Gasteiger partial charge in [0.05, 0.1) is 7.11 Å². The molecule has 6 heteroatoms. The minimum atomic E-state index is -0.684. The van der Waals surface area contributed by atoms with Gasteiger partial charge in [0.15, 0.2) is 6.61 Å². The lowest BCUT2D eigenvalue weighted by Gasteiger charge is -2.33. The van der Waals surface area contributed by atoms with Crippen LogP contribution >= 0.6 is 0 Å². The Morgan fingerprint density at radius 3 is 2.26 bits per heavy atom. The Kier molecular flexibility index (Phi) is 10.0. The predicted molar refractivity (Wildman–Crippen MR) is 154 cm³/mol. The van der Waals surface area contributed by atoms with Crippen molar-refractivity contribution in [2.75, 3.05) is 13.7 Å². The number of hydrogen-bond acceptors (Lipinski definition) is 4. The molecule has 0 unspecified atom stereocenters. The molecule has 0 bridgehead atoms. The molecule has 3 aromatic rings. The van der Waals surface area contributed by atoms with Crippen molar-refractivity contribution >= 4 is 11.8 Å². The van der Waals surface area contributed by atoms with Gasteiger partial charge in [-0.1, -0.05) is 67.8 Å². The number of carbonyl (C=O) groups excluding carboxylic acids is 2. The van der Waals surface area contributed by atoms with Crippen molar-refractivity contribution in [3.63, 3.8) is 0 Å². The van der Waals surface area contributed by atoms with Crippen LogP contribution in [0.15, 0.2) is 72.8 Å². The van der Waals surface area contributed by atoms with Gasteiger partial charge in [0.2, 0.25) is 5.91 Å². The highest BCUT2D eigenvalue weighted by Crippen LogP contribution is 2.22. The maximum Gasteiger partial charge on any atom is 0.261 e. The van der Waals surface area contributed by atoms with Gasteiger partial charge in [-0.2, -0.15) is 0 Å². The molecule has 1 saturated carbocycles. The Balaban J connectivity index is 1.63. The monoisotopic (exact) mass is 528 g/mol. The van der Waals surface area contributed by atoms with Crippen molar-refractivity contribution in [2.24, 2.45) is 0 Å². The summed E-state index contributed by atoms with van der Waals surface area (Å²) < 4.78 is 11.4. The number of nitrogens with zero attached hydrogens (tertiary/aromatic N) is 1. The molecule has 0 radical (unpaired) electrons. The summed E-state index contributed by atoms with van der Waals surface area (Å²) in [5.74, 6) is 0.996. The maximum absolute atomic E-state index is 13.9. The molecule has 1 atom stereocenters. The van der Waals surface area contributed by atoms with Gasteiger partial charge >= 0.3 is 0 Å². The smallest absolute Gasteiger partial charge is 0.261 e. The van der Waals surface area contributed by atoms with Crippen molar-refractivity contribution in [2.45, 2.75) is 71.0 Å². The molecule has 4 rings (SSSR count). The van der Waals surface area contributed by atoms with E-state index in [-0.39, 0.29) is 31.0 Å². The van der Waals surface area contributed by atoms with Gasteiger partial charge in [-0.3, -0.25) is 9.59 Å². The van der Waals surface area contributed by atoms with E-state index in [4.69, 9.17) is 9.47 Å². The normalized spacial score (nSPS) is 14.3. The average molecular weight is 529 g/mol. The highest BCUT2D eigenvalue weighted by atomic mass is 16.5. The first-order valence-electron chi connectivity index (χ1n) is 13.9. The van der Waals surface area contributed by atoms with E-state index in [1.54, 1.807) is 12.0 Å². The molecule has 206 valence electrons. The van der Waals surface area contributed by atoms with Crippen molar-refractivity contribution in [1.29, 1.82) is 0 Å². The van der Waals surface area contributed by atoms with Crippen LogP contribution in [0.3, 0.4) is 0 Å². The van der Waals surface area contributed by atoms with Crippen LogP contribution in [0.2, 0.25) is 0 Å². The number of ether oxygens (including phenoxy) is 2. The Hall–Kier alpha value is -3.80. The number of amides is 2. The van der Waals surface area contributed by atoms with Crippen LogP contribution in [0.5, 0.6) is 11.5 Å². The van der Waals surface area contributed by atoms with Crippen LogP contribution in [0.25, 0.3) is 0 Å². The van der Waals surface area contributed by atoms with Crippen molar-refractivity contribution in [1.82, 2.24) is 10.2 Å². The minimum Gasteiger partial charge on any atom is -0.497 e. The molecule has 6 nitrogen and oxygen atoms in total. The topological polar surface area (TPSA) is 67.9 Å². The molecule has 0 saturated heterocycles. The second kappa shape index (κ2) is 13.8. The fourth-order valence-corrected chi connectivity index (χ4v) is 5.31. The zero-order valence-electron chi connectivity index (χ0n) is 23.3. The first-order chi connectivity index (χ1) is 18.9. The number of carbonyl (C=O) groups is 2. The predicted octanol–water partition coefficient (Wildman–Crippen LogP) is 5.78. The van der Waals surface area contributed by atoms with Crippen LogP contribution in [0.4, 0.5) is 0 Å². The van der Waals surface area contributed by atoms with E-state index < -0.39 is 6.04 Å². The molecule has 1 aliphatic rings. The minimum absolute atomic E-state index is 0.117. The number of rotatable bonds is 11. The standard InChI is InChI=1S/C33H40N2O4/c1-24-17-25(2)19-30(18-24)39-23-32(36)35(22-27-13-10-16-29(20-27)38-3)31(21-26-11-6-4-7-12-26)33(37)34-28-14-8-5-9-15-28/h4,6-7,10-13,16-20,28,31H,5,8-9,14-15,21-23H2,1-3H3,(H,34,37)/t31-/m1/s1. The number of nitrogens with one attached hydrogen (secondary N) is 1. The molecule has 2 amide bonds. The second-order valence-corrected chi connectivity index (χ2v) is 10.5. The number of aryl methyl sites for hydroxylation is 2. The Bertz CT molecular complexity index is 1220. The summed E-state index contributed by atoms with van der Waals surface area (Å²) in [5.41, 5.74) is 4.02. The summed E-state index contributed by atoms with van der Waals surface area (Å²) in [6.07, 6.45) is 5.80. The van der Waals surface area contributed by atoms with Crippen molar-refractivity contribution in [3.8, 4) is 11.5 Å². The molecular formula is C33H40N2O4. The summed E-state index contributed by atoms with van der Waals surface area (Å²) >= 11 is 0. The molecule has 39 heavy (non-hydrogen) atoms. The first kappa shape index (κ1) is 28.2. The van der Waals surface area contributed by atoms with Gasteiger partial charge in [-0.15, -0.1) is 0 Å². The molecular weight excluding hydrogens is 488 g/mol. The van der Waals surface area contributed by atoms with E-state index in [1.165, 1.54) is 6.42 Å². The van der Waals surface area contributed by atoms with Crippen LogP contribution in [0.1, 0.15) is 54.4 Å². The highest BCUT2D eigenvalue weighted by molar-refractivity contribution is 5.88. The molecule has 0 aromatic heterocycles. The Labute approximate surface area is 232 Å². The Morgan fingerprint density at radius 2 is 1.56 bits per heavy atom. The maximum atomic E-state index is 13.9. The van der Waals surface area contributed by atoms with E-state index in [2.05, 4.69) is 11.4 Å². The summed E-state index contributed by atoms with van der Waals surface area (Å²) in [6.45, 7) is 4.11. The molecule has 1 N–H and O–H groups in total. The molecule has 1 aliphatic carbocycles. The third-order valence-corrected chi connectivity index (χ3v) is 7.27. The molecule has 3 aromatic carbocycles. The van der Waals surface area contributed by atoms with E-state index in [0.29, 0.717) is 17.9 Å². The molecule has 0 heterocycles. The van der Waals surface area contributed by atoms with E-state index in [9.17, 15) is 9.59 Å². The largest absolute Gasteiger partial charge is 0.497 e. The van der Waals surface area contributed by atoms with Crippen LogP contribution < -0.4 is 14.8 Å². The average Bonchev–Trinajstić information content (AvgIpc) is 2.94. The number of benzene rings is 3. The molecule has 0 spiro atoms. The quantitative estimate of drug-likeness (QED) is 0.343. The van der Waals surface area contributed by atoms with Gasteiger partial charge in [0.25, 0.3) is 5.91 Å². The van der Waals surface area contributed by atoms with Gasteiger partial charge in [-0.25, -0.2) is 0 Å². The van der Waals surface area contributed by atoms with Crippen molar-refractivity contribution < 1.29 is 19.1 Å². The fraction of sp³-hybridized carbons (Fsp3) is 0.394. The zero-order chi connectivity index (χ0) is 27.6. The van der Waals surface area contributed by atoms with Crippen molar-refractivity contribution in [3.05, 3.63) is 95.1 Å². The third-order valence-electron chi connectivity index (χ3n) is 7.27. The lowest BCUT2D eigenvalue weighted by atomic mass is 9.94. The van der Waals surface area contributed by atoms with E-state index in [0.717, 1.165) is 47.9 Å². The summed E-state index contributed by atoms with van der Waals surface area (Å²) in [7, 11) is 1.62. The van der Waals surface area contributed by atoms with E-state index in [1.807, 2.05) is 80.6 Å². The van der Waals surface area contributed by atoms with Gasteiger partial charge in [-0.05, 0) is 73.2 Å². The number of methoxy groups -OCH3 is 1. The number of hydrogen-bond donors (Lipinski definition) is 1. The fourth-order valence-electron chi connectivity index (χ4n) is 5.31. The van der Waals surface area contributed by atoms with E-state index >= 15 is 0 Å². The summed E-state index contributed by atoms with van der Waals surface area (Å²) in [5, 5.41) is 3.27. The lowest BCUT2D eigenvalue weighted by molar-refractivity contribution is -0.143. The van der Waals surface area contributed by atoms with Gasteiger partial charge in [0.1, 0.15) is 17.5 Å². The third kappa shape index (κ3) is 8.34. The molecule has 1 fully saturated rings.